The number of furan rings is 1. The van der Waals surface area contributed by atoms with E-state index in [1.165, 1.54) is 18.2 Å². The first-order valence-electron chi connectivity index (χ1n) is 10.6. The highest BCUT2D eigenvalue weighted by molar-refractivity contribution is 5.99. The van der Waals surface area contributed by atoms with E-state index in [-0.39, 0.29) is 48.4 Å². The minimum atomic E-state index is -1.03. The highest BCUT2D eigenvalue weighted by Crippen LogP contribution is 2.23. The lowest BCUT2D eigenvalue weighted by Crippen LogP contribution is -2.24. The van der Waals surface area contributed by atoms with E-state index >= 15 is 0 Å². The van der Waals surface area contributed by atoms with Crippen LogP contribution in [-0.2, 0) is 17.8 Å². The molecule has 1 heterocycles. The highest BCUT2D eigenvalue weighted by Gasteiger charge is 2.15. The summed E-state index contributed by atoms with van der Waals surface area (Å²) >= 11 is 0. The van der Waals surface area contributed by atoms with Gasteiger partial charge in [0.15, 0.2) is 0 Å². The maximum absolute atomic E-state index is 12.5. The minimum Gasteiger partial charge on any atom is -0.478 e. The maximum atomic E-state index is 12.5. The van der Waals surface area contributed by atoms with Crippen molar-refractivity contribution in [2.24, 2.45) is 5.73 Å². The fourth-order valence-electron chi connectivity index (χ4n) is 3.39. The zero-order valence-corrected chi connectivity index (χ0v) is 19.6. The first-order chi connectivity index (χ1) is 16.8. The number of carboxylic acid groups (broad SMARTS) is 1. The lowest BCUT2D eigenvalue weighted by molar-refractivity contribution is -0.120. The van der Waals surface area contributed by atoms with Gasteiger partial charge in [0, 0.05) is 5.56 Å². The number of carboxylic acids is 1. The molecule has 0 aliphatic heterocycles. The van der Waals surface area contributed by atoms with E-state index in [2.05, 4.69) is 5.32 Å². The molecule has 3 aromatic carbocycles. The third kappa shape index (κ3) is 6.28. The number of nitrogens with one attached hydrogen (secondary N) is 2. The van der Waals surface area contributed by atoms with Gasteiger partial charge in [0.2, 0.25) is 11.7 Å². The van der Waals surface area contributed by atoms with Gasteiger partial charge in [0.25, 0.3) is 0 Å². The number of carbonyl (C=O) groups excluding carboxylic acids is 2. The summed E-state index contributed by atoms with van der Waals surface area (Å²) in [6.07, 6.45) is 0.0748. The largest absolute Gasteiger partial charge is 0.478 e. The van der Waals surface area contributed by atoms with Crippen LogP contribution in [0, 0.1) is 5.41 Å². The average Bonchev–Trinajstić information content (AvgIpc) is 3.32. The number of nitrogen functional groups attached to an aromatic ring is 1. The van der Waals surface area contributed by atoms with Crippen LogP contribution in [0.4, 0.5) is 0 Å². The van der Waals surface area contributed by atoms with Crippen LogP contribution >= 0.6 is 12.4 Å². The molecule has 0 aliphatic rings. The van der Waals surface area contributed by atoms with Crippen LogP contribution in [0.1, 0.15) is 37.8 Å². The molecule has 0 spiro atoms. The second-order valence-corrected chi connectivity index (χ2v) is 7.75. The lowest BCUT2D eigenvalue weighted by atomic mass is 10.1. The quantitative estimate of drug-likeness (QED) is 0.122. The normalized spacial score (nSPS) is 10.3. The third-order valence-corrected chi connectivity index (χ3v) is 5.22. The number of aromatic carboxylic acids is 1. The van der Waals surface area contributed by atoms with E-state index in [1.807, 2.05) is 0 Å². The van der Waals surface area contributed by atoms with Gasteiger partial charge in [-0.05, 0) is 58.8 Å². The van der Waals surface area contributed by atoms with E-state index in [0.717, 1.165) is 10.8 Å². The van der Waals surface area contributed by atoms with Crippen LogP contribution in [-0.4, -0.2) is 28.8 Å². The Bertz CT molecular complexity index is 1450. The van der Waals surface area contributed by atoms with Gasteiger partial charge in [0.1, 0.15) is 17.3 Å². The number of ether oxygens (including phenoxy) is 1. The van der Waals surface area contributed by atoms with Crippen molar-refractivity contribution in [1.29, 1.82) is 5.41 Å². The van der Waals surface area contributed by atoms with Crippen LogP contribution in [0.15, 0.2) is 77.2 Å². The summed E-state index contributed by atoms with van der Waals surface area (Å²) in [6.45, 7) is 0.0772. The molecule has 0 bridgehead atoms. The Hall–Kier alpha value is -4.63. The second-order valence-electron chi connectivity index (χ2n) is 7.75. The van der Waals surface area contributed by atoms with E-state index in [1.54, 1.807) is 54.6 Å². The van der Waals surface area contributed by atoms with Crippen LogP contribution in [0.3, 0.4) is 0 Å². The summed E-state index contributed by atoms with van der Waals surface area (Å²) in [7, 11) is 0. The van der Waals surface area contributed by atoms with Crippen LogP contribution < -0.4 is 15.8 Å². The Morgan fingerprint density at radius 1 is 0.917 bits per heavy atom. The Morgan fingerprint density at radius 3 is 2.28 bits per heavy atom. The predicted molar refractivity (Wildman–Crippen MR) is 135 cm³/mol. The van der Waals surface area contributed by atoms with Crippen LogP contribution in [0.2, 0.25) is 0 Å². The van der Waals surface area contributed by atoms with Crippen molar-refractivity contribution in [3.63, 3.8) is 0 Å². The predicted octanol–water partition coefficient (Wildman–Crippen LogP) is 3.91. The zero-order chi connectivity index (χ0) is 24.9. The molecule has 0 fully saturated rings. The summed E-state index contributed by atoms with van der Waals surface area (Å²) in [6, 6.07) is 19.5. The number of hydrogen-bond donors (Lipinski definition) is 4. The van der Waals surface area contributed by atoms with E-state index in [9.17, 15) is 14.4 Å². The Morgan fingerprint density at radius 2 is 1.58 bits per heavy atom. The van der Waals surface area contributed by atoms with E-state index < -0.39 is 11.9 Å². The van der Waals surface area contributed by atoms with Gasteiger partial charge in [-0.25, -0.2) is 9.59 Å². The number of carbonyl (C=O) groups is 3. The van der Waals surface area contributed by atoms with Gasteiger partial charge in [-0.15, -0.1) is 12.4 Å². The number of amidine groups is 1. The Balaban J connectivity index is 0.00000361. The molecule has 4 rings (SSSR count). The SMILES string of the molecule is Cl.N=C(N)c1ccc2cc(OC(=O)c3ccc(CNC(=O)Cc4ccc(C(=O)O)cc4)o3)ccc2c1. The number of hydrogen-bond acceptors (Lipinski definition) is 6. The van der Waals surface area contributed by atoms with Gasteiger partial charge in [-0.3, -0.25) is 10.2 Å². The van der Waals surface area contributed by atoms with Gasteiger partial charge < -0.3 is 25.3 Å². The molecule has 9 nitrogen and oxygen atoms in total. The average molecular weight is 508 g/mol. The number of esters is 1. The van der Waals surface area contributed by atoms with Crippen LogP contribution in [0.25, 0.3) is 10.8 Å². The fraction of sp³-hybridized carbons (Fsp3) is 0.0769. The number of amides is 1. The summed E-state index contributed by atoms with van der Waals surface area (Å²) in [4.78, 5) is 35.5. The molecule has 0 saturated carbocycles. The fourth-order valence-corrected chi connectivity index (χ4v) is 3.39. The molecule has 4 aromatic rings. The number of fused-ring (bicyclic) bond motifs is 1. The van der Waals surface area contributed by atoms with Crippen molar-refractivity contribution < 1.29 is 28.6 Å². The summed E-state index contributed by atoms with van der Waals surface area (Å²) in [5, 5.41) is 20.8. The van der Waals surface area contributed by atoms with Crippen molar-refractivity contribution in [2.45, 2.75) is 13.0 Å². The summed E-state index contributed by atoms with van der Waals surface area (Å²) < 4.78 is 10.9. The second kappa shape index (κ2) is 11.2. The molecule has 184 valence electrons. The molecule has 1 amide bonds. The Kier molecular flexibility index (Phi) is 8.08. The topological polar surface area (TPSA) is 156 Å². The summed E-state index contributed by atoms with van der Waals surface area (Å²) in [5.74, 6) is -1.32. The third-order valence-electron chi connectivity index (χ3n) is 5.22. The summed E-state index contributed by atoms with van der Waals surface area (Å²) in [5.41, 5.74) is 6.94. The number of nitrogens with two attached hydrogens (primary N) is 1. The van der Waals surface area contributed by atoms with E-state index in [0.29, 0.717) is 22.6 Å². The standard InChI is InChI=1S/C26H21N3O6.ClH/c27-24(28)19-6-5-18-13-20(8-7-17(18)12-19)35-26(33)22-10-9-21(34-22)14-29-23(30)11-15-1-3-16(4-2-15)25(31)32;/h1-10,12-13H,11,14H2,(H3,27,28)(H,29,30)(H,31,32);1H. The maximum Gasteiger partial charge on any atom is 0.379 e. The van der Waals surface area contributed by atoms with Crippen molar-refractivity contribution in [2.75, 3.05) is 0 Å². The molecular weight excluding hydrogens is 486 g/mol. The zero-order valence-electron chi connectivity index (χ0n) is 18.8. The van der Waals surface area contributed by atoms with Gasteiger partial charge in [0.05, 0.1) is 18.5 Å². The van der Waals surface area contributed by atoms with Gasteiger partial charge in [-0.2, -0.15) is 0 Å². The molecule has 0 radical (unpaired) electrons. The number of benzene rings is 3. The Labute approximate surface area is 211 Å². The first-order valence-corrected chi connectivity index (χ1v) is 10.6. The molecule has 5 N–H and O–H groups in total. The van der Waals surface area contributed by atoms with Crippen LogP contribution in [0.5, 0.6) is 5.75 Å². The van der Waals surface area contributed by atoms with Crippen molar-refractivity contribution in [1.82, 2.24) is 5.32 Å². The van der Waals surface area contributed by atoms with Gasteiger partial charge in [-0.1, -0.05) is 30.3 Å². The van der Waals surface area contributed by atoms with E-state index in [4.69, 9.17) is 25.4 Å². The molecule has 36 heavy (non-hydrogen) atoms. The monoisotopic (exact) mass is 507 g/mol. The number of rotatable bonds is 8. The minimum absolute atomic E-state index is 0. The molecule has 1 aromatic heterocycles. The molecular formula is C26H22ClN3O6. The van der Waals surface area contributed by atoms with Crippen molar-refractivity contribution >= 4 is 46.9 Å². The smallest absolute Gasteiger partial charge is 0.379 e. The molecule has 0 aliphatic carbocycles. The number of halogens is 1. The first kappa shape index (κ1) is 26.0. The molecule has 0 atom stereocenters. The molecule has 10 heteroatoms. The lowest BCUT2D eigenvalue weighted by Gasteiger charge is -2.06. The van der Waals surface area contributed by atoms with Gasteiger partial charge >= 0.3 is 11.9 Å². The van der Waals surface area contributed by atoms with Crippen molar-refractivity contribution in [3.05, 3.63) is 101 Å². The molecule has 0 unspecified atom stereocenters. The van der Waals surface area contributed by atoms with Crippen molar-refractivity contribution in [3.8, 4) is 5.75 Å². The molecule has 0 saturated heterocycles. The highest BCUT2D eigenvalue weighted by atomic mass is 35.5.